The summed E-state index contributed by atoms with van der Waals surface area (Å²) < 4.78 is 11.3. The lowest BCUT2D eigenvalue weighted by molar-refractivity contribution is -0.302. The van der Waals surface area contributed by atoms with Crippen LogP contribution in [0.4, 0.5) is 0 Å². The van der Waals surface area contributed by atoms with Crippen LogP contribution in [0.2, 0.25) is 0 Å². The summed E-state index contributed by atoms with van der Waals surface area (Å²) in [4.78, 5) is 13.0. The molecule has 0 aromatic carbocycles. The first-order valence-corrected chi connectivity index (χ1v) is 30.4. The zero-order chi connectivity index (χ0) is 51.5. The number of carbonyl (C=O) groups excluding carboxylic acids is 1. The minimum absolute atomic E-state index is 0.185. The van der Waals surface area contributed by atoms with E-state index >= 15 is 0 Å². The number of carbonyl (C=O) groups is 1. The first-order chi connectivity index (χ1) is 34.8. The number of aliphatic hydroxyl groups excluding tert-OH is 5. The summed E-state index contributed by atoms with van der Waals surface area (Å²) in [6, 6.07) is -0.812. The smallest absolute Gasteiger partial charge is 0.220 e. The van der Waals surface area contributed by atoms with Crippen molar-refractivity contribution in [2.45, 2.75) is 326 Å². The van der Waals surface area contributed by atoms with Crippen molar-refractivity contribution in [3.63, 3.8) is 0 Å². The monoisotopic (exact) mass is 1000 g/mol. The van der Waals surface area contributed by atoms with E-state index in [2.05, 4.69) is 55.6 Å². The number of aliphatic hydroxyl groups is 5. The SMILES string of the molecule is CC/C=C\C/C=C\C/C=C\CCCCCCCCCC(=O)NC(COC1OC(CO)C(O)C(O)C1O)C(O)/C=C/CCCCCCCCCCCCCCCCCCCCCCCCCCCCCCC. The average molecular weight is 1000 g/mol. The molecule has 1 aliphatic rings. The van der Waals surface area contributed by atoms with Gasteiger partial charge < -0.3 is 40.3 Å². The summed E-state index contributed by atoms with van der Waals surface area (Å²) in [5.74, 6) is -0.185. The zero-order valence-electron chi connectivity index (χ0n) is 46.2. The number of rotatable bonds is 52. The van der Waals surface area contributed by atoms with Crippen LogP contribution >= 0.6 is 0 Å². The Labute approximate surface area is 437 Å². The first-order valence-electron chi connectivity index (χ1n) is 30.4. The van der Waals surface area contributed by atoms with Crippen molar-refractivity contribution in [2.75, 3.05) is 13.2 Å². The predicted molar refractivity (Wildman–Crippen MR) is 299 cm³/mol. The molecule has 9 nitrogen and oxygen atoms in total. The molecule has 1 aliphatic heterocycles. The van der Waals surface area contributed by atoms with Crippen molar-refractivity contribution in [1.29, 1.82) is 0 Å². The third-order valence-corrected chi connectivity index (χ3v) is 14.4. The largest absolute Gasteiger partial charge is 0.394 e. The molecular formula is C62H115NO8. The summed E-state index contributed by atoms with van der Waals surface area (Å²) in [6.45, 7) is 3.69. The summed E-state index contributed by atoms with van der Waals surface area (Å²) in [6.07, 6.45) is 62.0. The van der Waals surface area contributed by atoms with Gasteiger partial charge in [-0.15, -0.1) is 0 Å². The second-order valence-corrected chi connectivity index (χ2v) is 21.1. The van der Waals surface area contributed by atoms with Crippen LogP contribution in [0.1, 0.15) is 284 Å². The lowest BCUT2D eigenvalue weighted by Gasteiger charge is -2.40. The topological polar surface area (TPSA) is 149 Å². The Bertz CT molecular complexity index is 1250. The molecule has 6 N–H and O–H groups in total. The molecule has 0 spiro atoms. The second kappa shape index (κ2) is 51.6. The Morgan fingerprint density at radius 3 is 1.30 bits per heavy atom. The number of ether oxygens (including phenoxy) is 2. The van der Waals surface area contributed by atoms with Crippen LogP contribution in [0.3, 0.4) is 0 Å². The van der Waals surface area contributed by atoms with Crippen molar-refractivity contribution in [3.8, 4) is 0 Å². The molecule has 9 heteroatoms. The van der Waals surface area contributed by atoms with Crippen molar-refractivity contribution < 1.29 is 39.8 Å². The van der Waals surface area contributed by atoms with E-state index in [4.69, 9.17) is 9.47 Å². The number of amides is 1. The van der Waals surface area contributed by atoms with Crippen molar-refractivity contribution in [2.24, 2.45) is 0 Å². The standard InChI is InChI=1S/C62H115NO8/c1-3-5-7-9-11-13-15-17-19-21-22-23-24-25-26-27-28-29-30-31-32-33-34-36-37-39-41-43-45-47-49-51-56(65)55(54-70-62-61(69)60(68)59(67)57(53-64)71-62)63-58(66)52-50-48-46-44-42-40-38-35-20-18-16-14-12-10-8-6-4-2/h6,8,12,14,18,20,49,51,55-57,59-62,64-65,67-69H,3-5,7,9-11,13,15-17,19,21-48,50,52-54H2,1-2H3,(H,63,66)/b8-6-,14-12-,20-18-,51-49+. The van der Waals surface area contributed by atoms with Gasteiger partial charge in [-0.1, -0.05) is 274 Å². The minimum Gasteiger partial charge on any atom is -0.394 e. The van der Waals surface area contributed by atoms with E-state index in [-0.39, 0.29) is 12.5 Å². The lowest BCUT2D eigenvalue weighted by Crippen LogP contribution is -2.60. The number of allylic oxidation sites excluding steroid dienone is 7. The van der Waals surface area contributed by atoms with Crippen molar-refractivity contribution >= 4 is 5.91 Å². The van der Waals surface area contributed by atoms with Crippen LogP contribution in [-0.4, -0.2) is 87.5 Å². The van der Waals surface area contributed by atoms with Crippen LogP contribution in [0.25, 0.3) is 0 Å². The van der Waals surface area contributed by atoms with Gasteiger partial charge in [-0.25, -0.2) is 0 Å². The fourth-order valence-electron chi connectivity index (χ4n) is 9.64. The molecule has 0 saturated carbocycles. The molecule has 1 heterocycles. The highest BCUT2D eigenvalue weighted by atomic mass is 16.7. The Balaban J connectivity index is 2.16. The molecule has 1 amide bonds. The molecule has 416 valence electrons. The van der Waals surface area contributed by atoms with Gasteiger partial charge in [0.2, 0.25) is 5.91 Å². The molecule has 0 aromatic rings. The summed E-state index contributed by atoms with van der Waals surface area (Å²) >= 11 is 0. The highest BCUT2D eigenvalue weighted by Gasteiger charge is 2.44. The number of unbranched alkanes of at least 4 members (excludes halogenated alkanes) is 36. The van der Waals surface area contributed by atoms with E-state index in [1.807, 2.05) is 6.08 Å². The first kappa shape index (κ1) is 67.2. The van der Waals surface area contributed by atoms with E-state index in [1.165, 1.54) is 193 Å². The third-order valence-electron chi connectivity index (χ3n) is 14.4. The van der Waals surface area contributed by atoms with Crippen LogP contribution in [0.5, 0.6) is 0 Å². The molecule has 0 bridgehead atoms. The molecule has 0 aliphatic carbocycles. The Morgan fingerprint density at radius 1 is 0.493 bits per heavy atom. The Kier molecular flexibility index (Phi) is 48.8. The van der Waals surface area contributed by atoms with Crippen LogP contribution in [-0.2, 0) is 14.3 Å². The van der Waals surface area contributed by atoms with Gasteiger partial charge in [0, 0.05) is 6.42 Å². The predicted octanol–water partition coefficient (Wildman–Crippen LogP) is 15.3. The molecule has 1 rings (SSSR count). The van der Waals surface area contributed by atoms with Gasteiger partial charge in [-0.3, -0.25) is 4.79 Å². The Hall–Kier alpha value is -1.85. The second-order valence-electron chi connectivity index (χ2n) is 21.1. The molecule has 0 radical (unpaired) electrons. The van der Waals surface area contributed by atoms with Gasteiger partial charge in [0.25, 0.3) is 0 Å². The normalized spacial score (nSPS) is 19.6. The molecule has 1 fully saturated rings. The van der Waals surface area contributed by atoms with Gasteiger partial charge in [-0.05, 0) is 51.4 Å². The van der Waals surface area contributed by atoms with E-state index in [0.717, 1.165) is 70.6 Å². The number of hydrogen-bond acceptors (Lipinski definition) is 8. The maximum absolute atomic E-state index is 13.0. The lowest BCUT2D eigenvalue weighted by atomic mass is 9.99. The quantitative estimate of drug-likeness (QED) is 0.0261. The van der Waals surface area contributed by atoms with Gasteiger partial charge in [0.05, 0.1) is 25.4 Å². The minimum atomic E-state index is -1.57. The third kappa shape index (κ3) is 41.1. The van der Waals surface area contributed by atoms with E-state index in [9.17, 15) is 30.3 Å². The fraction of sp³-hybridized carbons (Fsp3) is 0.855. The van der Waals surface area contributed by atoms with Gasteiger partial charge in [-0.2, -0.15) is 0 Å². The molecule has 0 aromatic heterocycles. The zero-order valence-corrected chi connectivity index (χ0v) is 46.2. The van der Waals surface area contributed by atoms with Crippen LogP contribution in [0, 0.1) is 0 Å². The van der Waals surface area contributed by atoms with Crippen molar-refractivity contribution in [3.05, 3.63) is 48.6 Å². The molecule has 71 heavy (non-hydrogen) atoms. The molecule has 7 atom stereocenters. The van der Waals surface area contributed by atoms with E-state index in [0.29, 0.717) is 6.42 Å². The van der Waals surface area contributed by atoms with Gasteiger partial charge in [0.15, 0.2) is 6.29 Å². The van der Waals surface area contributed by atoms with Crippen LogP contribution in [0.15, 0.2) is 48.6 Å². The maximum Gasteiger partial charge on any atom is 0.220 e. The number of hydrogen-bond donors (Lipinski definition) is 6. The maximum atomic E-state index is 13.0. The van der Waals surface area contributed by atoms with Crippen molar-refractivity contribution in [1.82, 2.24) is 5.32 Å². The average Bonchev–Trinajstić information content (AvgIpc) is 3.37. The highest BCUT2D eigenvalue weighted by molar-refractivity contribution is 5.76. The van der Waals surface area contributed by atoms with Crippen LogP contribution < -0.4 is 5.32 Å². The molecule has 1 saturated heterocycles. The van der Waals surface area contributed by atoms with E-state index in [1.54, 1.807) is 6.08 Å². The van der Waals surface area contributed by atoms with E-state index < -0.39 is 49.5 Å². The molecular weight excluding hydrogens is 887 g/mol. The van der Waals surface area contributed by atoms with Gasteiger partial charge in [0.1, 0.15) is 24.4 Å². The van der Waals surface area contributed by atoms with Gasteiger partial charge >= 0.3 is 0 Å². The summed E-state index contributed by atoms with van der Waals surface area (Å²) in [5, 5.41) is 54.5. The summed E-state index contributed by atoms with van der Waals surface area (Å²) in [5.41, 5.74) is 0. The molecule has 7 unspecified atom stereocenters. The number of nitrogens with one attached hydrogen (secondary N) is 1. The highest BCUT2D eigenvalue weighted by Crippen LogP contribution is 2.23. The summed E-state index contributed by atoms with van der Waals surface area (Å²) in [7, 11) is 0. The fourth-order valence-corrected chi connectivity index (χ4v) is 9.64. The Morgan fingerprint density at radius 2 is 0.873 bits per heavy atom.